The quantitative estimate of drug-likeness (QED) is 0.642. The van der Waals surface area contributed by atoms with E-state index < -0.39 is 0 Å². The van der Waals surface area contributed by atoms with Crippen molar-refractivity contribution in [1.29, 1.82) is 0 Å². The summed E-state index contributed by atoms with van der Waals surface area (Å²) >= 11 is 11.8. The molecule has 1 heterocycles. The minimum absolute atomic E-state index is 0.0141. The summed E-state index contributed by atoms with van der Waals surface area (Å²) in [5.41, 5.74) is 1.64. The highest BCUT2D eigenvalue weighted by atomic mass is 35.5. The molecule has 0 radical (unpaired) electrons. The number of rotatable bonds is 6. The van der Waals surface area contributed by atoms with Gasteiger partial charge in [0, 0.05) is 24.3 Å². The van der Waals surface area contributed by atoms with E-state index in [4.69, 9.17) is 23.2 Å². The van der Waals surface area contributed by atoms with Crippen LogP contribution in [0.2, 0.25) is 10.4 Å². The Morgan fingerprint density at radius 1 is 1.37 bits per heavy atom. The number of likely N-dealkylation sites (N-methyl/N-ethyl adjacent to an activating group) is 2. The van der Waals surface area contributed by atoms with Gasteiger partial charge in [-0.15, -0.1) is 0 Å². The summed E-state index contributed by atoms with van der Waals surface area (Å²) < 4.78 is 0. The zero-order chi connectivity index (χ0) is 14.4. The van der Waals surface area contributed by atoms with Gasteiger partial charge in [0.2, 0.25) is 11.2 Å². The maximum Gasteiger partial charge on any atom is 0.234 e. The Bertz CT molecular complexity index is 430. The van der Waals surface area contributed by atoms with Gasteiger partial charge < -0.3 is 5.32 Å². The van der Waals surface area contributed by atoms with Gasteiger partial charge in [0.05, 0.1) is 6.54 Å². The van der Waals surface area contributed by atoms with Crippen molar-refractivity contribution >= 4 is 29.1 Å². The van der Waals surface area contributed by atoms with E-state index in [-0.39, 0.29) is 11.2 Å². The highest BCUT2D eigenvalue weighted by Gasteiger charge is 2.11. The molecule has 1 N–H and O–H groups in total. The standard InChI is InChI=1S/C12H18Cl2N4O/c1-4-15-10(19)7-18(3)6-5-9-8(2)16-12(14)17-11(9)13/h4-7H2,1-3H3,(H,15,19). The van der Waals surface area contributed by atoms with E-state index in [0.717, 1.165) is 11.3 Å². The molecule has 5 nitrogen and oxygen atoms in total. The first-order valence-electron chi connectivity index (χ1n) is 6.07. The lowest BCUT2D eigenvalue weighted by molar-refractivity contribution is -0.121. The highest BCUT2D eigenvalue weighted by molar-refractivity contribution is 6.32. The van der Waals surface area contributed by atoms with Gasteiger partial charge in [-0.25, -0.2) is 9.97 Å². The van der Waals surface area contributed by atoms with Crippen LogP contribution in [-0.2, 0) is 11.2 Å². The van der Waals surface area contributed by atoms with Crippen LogP contribution >= 0.6 is 23.2 Å². The molecule has 0 bridgehead atoms. The van der Waals surface area contributed by atoms with Gasteiger partial charge in [-0.1, -0.05) is 11.6 Å². The molecular weight excluding hydrogens is 287 g/mol. The van der Waals surface area contributed by atoms with Crippen molar-refractivity contribution in [3.8, 4) is 0 Å². The Kier molecular flexibility index (Phi) is 6.48. The topological polar surface area (TPSA) is 58.1 Å². The van der Waals surface area contributed by atoms with Crippen molar-refractivity contribution in [2.24, 2.45) is 0 Å². The number of hydrogen-bond acceptors (Lipinski definition) is 4. The molecule has 7 heteroatoms. The zero-order valence-corrected chi connectivity index (χ0v) is 12.8. The van der Waals surface area contributed by atoms with Crippen molar-refractivity contribution in [3.05, 3.63) is 21.7 Å². The van der Waals surface area contributed by atoms with Crippen molar-refractivity contribution in [2.75, 3.05) is 26.7 Å². The average molecular weight is 305 g/mol. The van der Waals surface area contributed by atoms with Crippen molar-refractivity contribution in [1.82, 2.24) is 20.2 Å². The number of amides is 1. The normalized spacial score (nSPS) is 10.8. The van der Waals surface area contributed by atoms with Gasteiger partial charge in [0.25, 0.3) is 0 Å². The first kappa shape index (κ1) is 16.1. The van der Waals surface area contributed by atoms with Crippen LogP contribution < -0.4 is 5.32 Å². The van der Waals surface area contributed by atoms with E-state index in [9.17, 15) is 4.79 Å². The summed E-state index contributed by atoms with van der Waals surface area (Å²) in [5, 5.41) is 3.29. The van der Waals surface area contributed by atoms with Crippen LogP contribution in [-0.4, -0.2) is 47.5 Å². The van der Waals surface area contributed by atoms with Crippen LogP contribution in [0.25, 0.3) is 0 Å². The molecule has 0 aliphatic carbocycles. The largest absolute Gasteiger partial charge is 0.355 e. The Balaban J connectivity index is 2.55. The predicted octanol–water partition coefficient (Wildman–Crippen LogP) is 1.70. The first-order chi connectivity index (χ1) is 8.93. The molecule has 1 rings (SSSR count). The summed E-state index contributed by atoms with van der Waals surface area (Å²) in [5.74, 6) is 0.0141. The summed E-state index contributed by atoms with van der Waals surface area (Å²) in [6.07, 6.45) is 0.678. The number of aromatic nitrogens is 2. The first-order valence-corrected chi connectivity index (χ1v) is 6.83. The van der Waals surface area contributed by atoms with Crippen molar-refractivity contribution in [2.45, 2.75) is 20.3 Å². The predicted molar refractivity (Wildman–Crippen MR) is 76.7 cm³/mol. The SMILES string of the molecule is CCNC(=O)CN(C)CCc1c(C)nc(Cl)nc1Cl. The van der Waals surface area contributed by atoms with Crippen LogP contribution in [0, 0.1) is 6.92 Å². The van der Waals surface area contributed by atoms with Gasteiger partial charge in [0.15, 0.2) is 0 Å². The monoisotopic (exact) mass is 304 g/mol. The van der Waals surface area contributed by atoms with Gasteiger partial charge in [-0.05, 0) is 38.9 Å². The minimum Gasteiger partial charge on any atom is -0.355 e. The minimum atomic E-state index is 0.0141. The van der Waals surface area contributed by atoms with Crippen molar-refractivity contribution in [3.63, 3.8) is 0 Å². The molecule has 1 aromatic rings. The number of carbonyl (C=O) groups is 1. The van der Waals surface area contributed by atoms with Crippen LogP contribution in [0.15, 0.2) is 0 Å². The van der Waals surface area contributed by atoms with Gasteiger partial charge >= 0.3 is 0 Å². The summed E-state index contributed by atoms with van der Waals surface area (Å²) in [6.45, 7) is 5.44. The zero-order valence-electron chi connectivity index (χ0n) is 11.3. The maximum atomic E-state index is 11.4. The molecule has 1 amide bonds. The third kappa shape index (κ3) is 5.30. The molecule has 0 unspecified atom stereocenters. The fraction of sp³-hybridized carbons (Fsp3) is 0.583. The Labute approximate surface area is 123 Å². The lowest BCUT2D eigenvalue weighted by Crippen LogP contribution is -2.35. The molecular formula is C12H18Cl2N4O. The van der Waals surface area contributed by atoms with E-state index >= 15 is 0 Å². The smallest absolute Gasteiger partial charge is 0.234 e. The fourth-order valence-electron chi connectivity index (χ4n) is 1.69. The van der Waals surface area contributed by atoms with Crippen LogP contribution in [0.4, 0.5) is 0 Å². The molecule has 0 aromatic carbocycles. The molecule has 19 heavy (non-hydrogen) atoms. The molecule has 106 valence electrons. The van der Waals surface area contributed by atoms with E-state index in [2.05, 4.69) is 15.3 Å². The molecule has 0 atom stereocenters. The summed E-state index contributed by atoms with van der Waals surface area (Å²) in [6, 6.07) is 0. The fourth-order valence-corrected chi connectivity index (χ4v) is 2.26. The van der Waals surface area contributed by atoms with Crippen LogP contribution in [0.3, 0.4) is 0 Å². The van der Waals surface area contributed by atoms with Crippen LogP contribution in [0.1, 0.15) is 18.2 Å². The van der Waals surface area contributed by atoms with E-state index in [0.29, 0.717) is 31.2 Å². The van der Waals surface area contributed by atoms with E-state index in [1.54, 1.807) is 0 Å². The van der Waals surface area contributed by atoms with Gasteiger partial charge in [-0.3, -0.25) is 9.69 Å². The molecule has 0 fully saturated rings. The number of carbonyl (C=O) groups excluding carboxylic acids is 1. The molecule has 0 aliphatic rings. The molecule has 1 aromatic heterocycles. The second-order valence-electron chi connectivity index (χ2n) is 4.29. The summed E-state index contributed by atoms with van der Waals surface area (Å²) in [4.78, 5) is 21.3. The Morgan fingerprint density at radius 3 is 2.63 bits per heavy atom. The maximum absolute atomic E-state index is 11.4. The number of nitrogens with zero attached hydrogens (tertiary/aromatic N) is 3. The second kappa shape index (κ2) is 7.62. The highest BCUT2D eigenvalue weighted by Crippen LogP contribution is 2.19. The second-order valence-corrected chi connectivity index (χ2v) is 4.98. The van der Waals surface area contributed by atoms with E-state index in [1.807, 2.05) is 25.8 Å². The Morgan fingerprint density at radius 2 is 2.05 bits per heavy atom. The number of aryl methyl sites for hydroxylation is 1. The van der Waals surface area contributed by atoms with E-state index in [1.165, 1.54) is 0 Å². The van der Waals surface area contributed by atoms with Crippen LogP contribution in [0.5, 0.6) is 0 Å². The number of hydrogen-bond donors (Lipinski definition) is 1. The summed E-state index contributed by atoms with van der Waals surface area (Å²) in [7, 11) is 1.88. The van der Waals surface area contributed by atoms with Gasteiger partial charge in [0.1, 0.15) is 5.15 Å². The average Bonchev–Trinajstić information content (AvgIpc) is 2.27. The molecule has 0 saturated heterocycles. The number of nitrogens with one attached hydrogen (secondary N) is 1. The Hall–Kier alpha value is -0.910. The van der Waals surface area contributed by atoms with Crippen molar-refractivity contribution < 1.29 is 4.79 Å². The molecule has 0 spiro atoms. The lowest BCUT2D eigenvalue weighted by Gasteiger charge is -2.16. The number of halogens is 2. The third-order valence-corrected chi connectivity index (χ3v) is 3.15. The third-order valence-electron chi connectivity index (χ3n) is 2.67. The lowest BCUT2D eigenvalue weighted by atomic mass is 10.1. The molecule has 0 aliphatic heterocycles. The van der Waals surface area contributed by atoms with Gasteiger partial charge in [-0.2, -0.15) is 0 Å². The molecule has 0 saturated carbocycles.